The van der Waals surface area contributed by atoms with Gasteiger partial charge in [-0.1, -0.05) is 24.3 Å². The van der Waals surface area contributed by atoms with Gasteiger partial charge in [-0.25, -0.2) is 4.98 Å². The van der Waals surface area contributed by atoms with Crippen LogP contribution in [0.3, 0.4) is 0 Å². The summed E-state index contributed by atoms with van der Waals surface area (Å²) in [6.07, 6.45) is 8.67. The fraction of sp³-hybridized carbons (Fsp3) is 0.524. The minimum absolute atomic E-state index is 0.199. The molecule has 0 bridgehead atoms. The summed E-state index contributed by atoms with van der Waals surface area (Å²) in [6, 6.07) is 8.71. The second-order valence-corrected chi connectivity index (χ2v) is 7.91. The number of nitrogens with zero attached hydrogens (tertiary/aromatic N) is 3. The molecule has 1 N–H and O–H groups in total. The predicted octanol–water partition coefficient (Wildman–Crippen LogP) is 2.58. The molecule has 1 saturated heterocycles. The summed E-state index contributed by atoms with van der Waals surface area (Å²) in [5.74, 6) is 0.837. The maximum Gasteiger partial charge on any atom is 0.228 e. The van der Waals surface area contributed by atoms with E-state index in [1.54, 1.807) is 12.5 Å². The number of amides is 1. The van der Waals surface area contributed by atoms with Gasteiger partial charge < -0.3 is 14.8 Å². The van der Waals surface area contributed by atoms with Crippen molar-refractivity contribution in [1.82, 2.24) is 19.8 Å². The quantitative estimate of drug-likeness (QED) is 0.833. The van der Waals surface area contributed by atoms with Crippen LogP contribution < -0.4 is 5.32 Å². The third kappa shape index (κ3) is 3.68. The Kier molecular flexibility index (Phi) is 4.81. The number of nitrogens with one attached hydrogen (secondary N) is 1. The first kappa shape index (κ1) is 17.3. The molecule has 1 aliphatic carbocycles. The molecule has 5 nitrogen and oxygen atoms in total. The van der Waals surface area contributed by atoms with Gasteiger partial charge in [0.2, 0.25) is 5.91 Å². The Morgan fingerprint density at radius 1 is 1.35 bits per heavy atom. The van der Waals surface area contributed by atoms with Crippen molar-refractivity contribution in [3.8, 4) is 0 Å². The molecule has 2 aliphatic rings. The number of likely N-dealkylation sites (tertiary alicyclic amines) is 1. The monoisotopic (exact) mass is 352 g/mol. The summed E-state index contributed by atoms with van der Waals surface area (Å²) < 4.78 is 2.01. The van der Waals surface area contributed by atoms with Gasteiger partial charge in [0, 0.05) is 38.6 Å². The summed E-state index contributed by atoms with van der Waals surface area (Å²) in [7, 11) is 0. The molecule has 1 atom stereocenters. The van der Waals surface area contributed by atoms with Crippen molar-refractivity contribution in [3.05, 3.63) is 54.1 Å². The Morgan fingerprint density at radius 3 is 2.92 bits per heavy atom. The van der Waals surface area contributed by atoms with Crippen molar-refractivity contribution < 1.29 is 4.79 Å². The van der Waals surface area contributed by atoms with E-state index < -0.39 is 0 Å². The number of aryl methyl sites for hydroxylation is 1. The molecular formula is C21H28N4O. The zero-order valence-corrected chi connectivity index (χ0v) is 15.5. The van der Waals surface area contributed by atoms with Crippen LogP contribution in [0.1, 0.15) is 36.3 Å². The smallest absolute Gasteiger partial charge is 0.228 e. The molecule has 26 heavy (non-hydrogen) atoms. The third-order valence-corrected chi connectivity index (χ3v) is 5.99. The summed E-state index contributed by atoms with van der Waals surface area (Å²) >= 11 is 0. The highest BCUT2D eigenvalue weighted by Crippen LogP contribution is 2.47. The average Bonchev–Trinajstić information content (AvgIpc) is 3.03. The van der Waals surface area contributed by atoms with Crippen LogP contribution in [0.5, 0.6) is 0 Å². The van der Waals surface area contributed by atoms with E-state index in [2.05, 4.69) is 46.4 Å². The van der Waals surface area contributed by atoms with E-state index in [0.29, 0.717) is 5.92 Å². The van der Waals surface area contributed by atoms with Crippen molar-refractivity contribution in [2.45, 2.75) is 38.6 Å². The van der Waals surface area contributed by atoms with Crippen molar-refractivity contribution in [3.63, 3.8) is 0 Å². The van der Waals surface area contributed by atoms with Gasteiger partial charge in [0.25, 0.3) is 0 Å². The highest BCUT2D eigenvalue weighted by atomic mass is 16.2. The molecule has 138 valence electrons. The molecule has 2 aromatic rings. The highest BCUT2D eigenvalue weighted by molar-refractivity contribution is 5.85. The van der Waals surface area contributed by atoms with Crippen LogP contribution in [0.2, 0.25) is 0 Å². The Bertz CT molecular complexity index is 751. The lowest BCUT2D eigenvalue weighted by Gasteiger charge is -2.19. The van der Waals surface area contributed by atoms with Gasteiger partial charge in [-0.05, 0) is 49.8 Å². The van der Waals surface area contributed by atoms with E-state index in [1.807, 2.05) is 10.8 Å². The first-order chi connectivity index (χ1) is 12.7. The van der Waals surface area contributed by atoms with Crippen LogP contribution in [-0.2, 0) is 11.3 Å². The van der Waals surface area contributed by atoms with E-state index in [9.17, 15) is 4.79 Å². The maximum absolute atomic E-state index is 12.6. The number of benzene rings is 1. The molecule has 4 rings (SSSR count). The number of aromatic nitrogens is 2. The summed E-state index contributed by atoms with van der Waals surface area (Å²) in [4.78, 5) is 19.1. The van der Waals surface area contributed by atoms with E-state index in [4.69, 9.17) is 0 Å². The maximum atomic E-state index is 12.6. The molecule has 0 radical (unpaired) electrons. The zero-order chi connectivity index (χ0) is 18.0. The third-order valence-electron chi connectivity index (χ3n) is 5.99. The van der Waals surface area contributed by atoms with Gasteiger partial charge in [0.05, 0.1) is 11.7 Å². The Balaban J connectivity index is 1.23. The van der Waals surface area contributed by atoms with Crippen LogP contribution in [0.4, 0.5) is 0 Å². The van der Waals surface area contributed by atoms with Gasteiger partial charge >= 0.3 is 0 Å². The summed E-state index contributed by atoms with van der Waals surface area (Å²) in [6.45, 7) is 6.85. The Morgan fingerprint density at radius 2 is 2.19 bits per heavy atom. The standard InChI is InChI=1S/C21H28N4O/c1-17-4-2-3-5-19(17)18-6-11-24(14-18)13-10-23-20(26)21(7-8-21)15-25-12-9-22-16-25/h2-5,9,12,16,18H,6-8,10-11,13-15H2,1H3,(H,23,26). The zero-order valence-electron chi connectivity index (χ0n) is 15.5. The van der Waals surface area contributed by atoms with Crippen molar-refractivity contribution in [2.75, 3.05) is 26.2 Å². The van der Waals surface area contributed by atoms with Crippen molar-refractivity contribution in [1.29, 1.82) is 0 Å². The fourth-order valence-electron chi connectivity index (χ4n) is 4.19. The molecular weight excluding hydrogens is 324 g/mol. The van der Waals surface area contributed by atoms with Gasteiger partial charge in [-0.15, -0.1) is 0 Å². The van der Waals surface area contributed by atoms with E-state index in [0.717, 1.165) is 45.6 Å². The van der Waals surface area contributed by atoms with Gasteiger partial charge in [0.15, 0.2) is 0 Å². The van der Waals surface area contributed by atoms with Crippen LogP contribution in [-0.4, -0.2) is 46.5 Å². The molecule has 1 unspecified atom stereocenters. The molecule has 1 saturated carbocycles. The first-order valence-corrected chi connectivity index (χ1v) is 9.68. The van der Waals surface area contributed by atoms with Crippen LogP contribution >= 0.6 is 0 Å². The number of imidazole rings is 1. The molecule has 1 aromatic heterocycles. The molecule has 2 heterocycles. The lowest BCUT2D eigenvalue weighted by atomic mass is 9.94. The first-order valence-electron chi connectivity index (χ1n) is 9.68. The predicted molar refractivity (Wildman–Crippen MR) is 102 cm³/mol. The highest BCUT2D eigenvalue weighted by Gasteiger charge is 2.49. The topological polar surface area (TPSA) is 50.2 Å². The number of carbonyl (C=O) groups is 1. The minimum atomic E-state index is -0.199. The van der Waals surface area contributed by atoms with Crippen LogP contribution in [0.15, 0.2) is 43.0 Å². The van der Waals surface area contributed by atoms with E-state index in [-0.39, 0.29) is 11.3 Å². The molecule has 2 fully saturated rings. The van der Waals surface area contributed by atoms with Crippen LogP contribution in [0.25, 0.3) is 0 Å². The number of carbonyl (C=O) groups excluding carboxylic acids is 1. The van der Waals surface area contributed by atoms with Crippen molar-refractivity contribution >= 4 is 5.91 Å². The largest absolute Gasteiger partial charge is 0.354 e. The second kappa shape index (κ2) is 7.23. The molecule has 5 heteroatoms. The molecule has 1 aromatic carbocycles. The second-order valence-electron chi connectivity index (χ2n) is 7.91. The molecule has 0 spiro atoms. The Labute approximate surface area is 155 Å². The van der Waals surface area contributed by atoms with E-state index >= 15 is 0 Å². The van der Waals surface area contributed by atoms with E-state index in [1.165, 1.54) is 17.5 Å². The molecule has 1 amide bonds. The normalized spacial score (nSPS) is 21.7. The summed E-state index contributed by atoms with van der Waals surface area (Å²) in [5, 5.41) is 3.18. The lowest BCUT2D eigenvalue weighted by Crippen LogP contribution is -2.39. The van der Waals surface area contributed by atoms with Gasteiger partial charge in [-0.3, -0.25) is 4.79 Å². The Hall–Kier alpha value is -2.14. The SMILES string of the molecule is Cc1ccccc1C1CCN(CCNC(=O)C2(Cn3ccnc3)CC2)C1. The fourth-order valence-corrected chi connectivity index (χ4v) is 4.19. The number of rotatable bonds is 7. The minimum Gasteiger partial charge on any atom is -0.354 e. The lowest BCUT2D eigenvalue weighted by molar-refractivity contribution is -0.126. The number of hydrogen-bond donors (Lipinski definition) is 1. The van der Waals surface area contributed by atoms with Crippen molar-refractivity contribution in [2.24, 2.45) is 5.41 Å². The van der Waals surface area contributed by atoms with Crippen LogP contribution in [0, 0.1) is 12.3 Å². The summed E-state index contributed by atoms with van der Waals surface area (Å²) in [5.41, 5.74) is 2.68. The van der Waals surface area contributed by atoms with Gasteiger partial charge in [-0.2, -0.15) is 0 Å². The number of hydrogen-bond acceptors (Lipinski definition) is 3. The molecule has 1 aliphatic heterocycles. The average molecular weight is 352 g/mol. The van der Waals surface area contributed by atoms with Gasteiger partial charge in [0.1, 0.15) is 0 Å².